The smallest absolute Gasteiger partial charge is 0.320 e. The molecule has 0 unspecified atom stereocenters. The van der Waals surface area contributed by atoms with Crippen LogP contribution >= 0.6 is 0 Å². The maximum Gasteiger partial charge on any atom is 0.320 e. The van der Waals surface area contributed by atoms with Crippen LogP contribution in [-0.2, 0) is 4.79 Å². The zero-order valence-electron chi connectivity index (χ0n) is 15.3. The van der Waals surface area contributed by atoms with Crippen molar-refractivity contribution in [3.8, 4) is 23.0 Å². The van der Waals surface area contributed by atoms with Crippen LogP contribution in [0.5, 0.6) is 23.0 Å². The number of nitrogens with two attached hydrogens (primary N) is 2. The average molecular weight is 383 g/mol. The number of pyridine rings is 1. The van der Waals surface area contributed by atoms with Gasteiger partial charge in [-0.25, -0.2) is 0 Å². The normalized spacial score (nSPS) is 11.8. The van der Waals surface area contributed by atoms with Crippen molar-refractivity contribution in [3.05, 3.63) is 48.7 Å². The second-order valence-electron chi connectivity index (χ2n) is 6.08. The van der Waals surface area contributed by atoms with Gasteiger partial charge in [0.05, 0.1) is 19.2 Å². The van der Waals surface area contributed by atoms with Gasteiger partial charge in [-0.15, -0.1) is 0 Å². The van der Waals surface area contributed by atoms with Gasteiger partial charge in [-0.2, -0.15) is 0 Å². The Labute approximate surface area is 161 Å². The van der Waals surface area contributed by atoms with E-state index >= 15 is 0 Å². The van der Waals surface area contributed by atoms with Gasteiger partial charge >= 0.3 is 5.97 Å². The average Bonchev–Trinajstić information content (AvgIpc) is 2.69. The molecule has 3 aromatic rings. The molecule has 146 valence electrons. The summed E-state index contributed by atoms with van der Waals surface area (Å²) < 4.78 is 17.0. The molecule has 0 aliphatic heterocycles. The molecule has 0 spiro atoms. The number of fused-ring (bicyclic) bond motifs is 1. The van der Waals surface area contributed by atoms with Crippen LogP contribution < -0.4 is 25.7 Å². The molecule has 1 atom stereocenters. The molecule has 0 aliphatic carbocycles. The van der Waals surface area contributed by atoms with Crippen LogP contribution in [0, 0.1) is 0 Å². The molecular formula is C20H21N3O5. The monoisotopic (exact) mass is 383 g/mol. The van der Waals surface area contributed by atoms with Crippen LogP contribution in [0.15, 0.2) is 48.7 Å². The van der Waals surface area contributed by atoms with Crippen LogP contribution in [0.2, 0.25) is 0 Å². The lowest BCUT2D eigenvalue weighted by Crippen LogP contribution is -2.31. The number of methoxy groups -OCH3 is 1. The SMILES string of the molecule is COc1cc2c(Oc3ccc(N)cc3)ccnc2cc1OCC[C@H](N)C(=O)O. The number of aliphatic carboxylic acids is 1. The fourth-order valence-electron chi connectivity index (χ4n) is 2.57. The largest absolute Gasteiger partial charge is 0.493 e. The quantitative estimate of drug-likeness (QED) is 0.506. The minimum absolute atomic E-state index is 0.136. The molecular weight excluding hydrogens is 362 g/mol. The van der Waals surface area contributed by atoms with Gasteiger partial charge < -0.3 is 30.8 Å². The van der Waals surface area contributed by atoms with Gasteiger partial charge in [0.1, 0.15) is 17.5 Å². The lowest BCUT2D eigenvalue weighted by molar-refractivity contribution is -0.138. The van der Waals surface area contributed by atoms with Crippen molar-refractivity contribution in [1.29, 1.82) is 0 Å². The minimum atomic E-state index is -1.07. The number of carbonyl (C=O) groups is 1. The first-order valence-corrected chi connectivity index (χ1v) is 8.59. The summed E-state index contributed by atoms with van der Waals surface area (Å²) in [4.78, 5) is 15.2. The Bertz CT molecular complexity index is 975. The first-order chi connectivity index (χ1) is 13.5. The van der Waals surface area contributed by atoms with Crippen molar-refractivity contribution in [2.75, 3.05) is 19.5 Å². The molecule has 3 rings (SSSR count). The number of hydrogen-bond donors (Lipinski definition) is 3. The molecule has 28 heavy (non-hydrogen) atoms. The van der Waals surface area contributed by atoms with Crippen LogP contribution in [0.25, 0.3) is 10.9 Å². The summed E-state index contributed by atoms with van der Waals surface area (Å²) in [6.07, 6.45) is 1.80. The Morgan fingerprint density at radius 3 is 2.57 bits per heavy atom. The predicted molar refractivity (Wildman–Crippen MR) is 105 cm³/mol. The van der Waals surface area contributed by atoms with Gasteiger partial charge in [-0.3, -0.25) is 9.78 Å². The standard InChI is InChI=1S/C20H21N3O5/c1-26-18-10-14-16(11-19(18)27-9-7-15(22)20(24)25)23-8-6-17(14)28-13-4-2-12(21)3-5-13/h2-6,8,10-11,15H,7,9,21-22H2,1H3,(H,24,25)/t15-/m0/s1. The third-order valence-electron chi connectivity index (χ3n) is 4.10. The Hall–Kier alpha value is -3.52. The van der Waals surface area contributed by atoms with Crippen molar-refractivity contribution < 1.29 is 24.1 Å². The highest BCUT2D eigenvalue weighted by molar-refractivity contribution is 5.88. The summed E-state index contributed by atoms with van der Waals surface area (Å²) in [5.74, 6) is 1.10. The fraction of sp³-hybridized carbons (Fsp3) is 0.200. The highest BCUT2D eigenvalue weighted by atomic mass is 16.5. The van der Waals surface area contributed by atoms with Crippen molar-refractivity contribution in [3.63, 3.8) is 0 Å². The third kappa shape index (κ3) is 4.41. The first kappa shape index (κ1) is 19.2. The third-order valence-corrected chi connectivity index (χ3v) is 4.10. The number of carboxylic acid groups (broad SMARTS) is 1. The highest BCUT2D eigenvalue weighted by Gasteiger charge is 2.14. The molecule has 0 saturated heterocycles. The summed E-state index contributed by atoms with van der Waals surface area (Å²) >= 11 is 0. The summed E-state index contributed by atoms with van der Waals surface area (Å²) in [7, 11) is 1.52. The lowest BCUT2D eigenvalue weighted by Gasteiger charge is -2.14. The number of ether oxygens (including phenoxy) is 3. The van der Waals surface area contributed by atoms with E-state index in [2.05, 4.69) is 4.98 Å². The second kappa shape index (κ2) is 8.45. The van der Waals surface area contributed by atoms with Crippen LogP contribution in [0.1, 0.15) is 6.42 Å². The zero-order chi connectivity index (χ0) is 20.1. The number of aromatic nitrogens is 1. The van der Waals surface area contributed by atoms with Crippen molar-refractivity contribution in [2.45, 2.75) is 12.5 Å². The van der Waals surface area contributed by atoms with E-state index in [9.17, 15) is 4.79 Å². The van der Waals surface area contributed by atoms with E-state index in [-0.39, 0.29) is 13.0 Å². The summed E-state index contributed by atoms with van der Waals surface area (Å²) in [5.41, 5.74) is 12.5. The topological polar surface area (TPSA) is 130 Å². The van der Waals surface area contributed by atoms with Gasteiger partial charge in [0, 0.05) is 29.8 Å². The Balaban J connectivity index is 1.86. The summed E-state index contributed by atoms with van der Waals surface area (Å²) in [5, 5.41) is 9.59. The summed E-state index contributed by atoms with van der Waals surface area (Å²) in [6.45, 7) is 0.136. The molecule has 2 aromatic carbocycles. The number of hydrogen-bond acceptors (Lipinski definition) is 7. The summed E-state index contributed by atoms with van der Waals surface area (Å²) in [6, 6.07) is 11.3. The first-order valence-electron chi connectivity index (χ1n) is 8.59. The van der Waals surface area contributed by atoms with Gasteiger partial charge in [-0.05, 0) is 36.4 Å². The van der Waals surface area contributed by atoms with E-state index in [1.165, 1.54) is 7.11 Å². The van der Waals surface area contributed by atoms with E-state index < -0.39 is 12.0 Å². The van der Waals surface area contributed by atoms with Crippen molar-refractivity contribution in [2.24, 2.45) is 5.73 Å². The predicted octanol–water partition coefficient (Wildman–Crippen LogP) is 2.80. The van der Waals surface area contributed by atoms with Gasteiger partial charge in [0.2, 0.25) is 0 Å². The molecule has 0 saturated carbocycles. The number of rotatable bonds is 8. The maximum atomic E-state index is 10.8. The van der Waals surface area contributed by atoms with E-state index in [1.807, 2.05) is 0 Å². The second-order valence-corrected chi connectivity index (χ2v) is 6.08. The number of nitrogen functional groups attached to an aromatic ring is 1. The molecule has 5 N–H and O–H groups in total. The molecule has 0 aliphatic rings. The lowest BCUT2D eigenvalue weighted by atomic mass is 10.1. The minimum Gasteiger partial charge on any atom is -0.493 e. The van der Waals surface area contributed by atoms with Crippen LogP contribution in [0.4, 0.5) is 5.69 Å². The Morgan fingerprint density at radius 2 is 1.89 bits per heavy atom. The van der Waals surface area contributed by atoms with E-state index in [0.717, 1.165) is 5.39 Å². The van der Waals surface area contributed by atoms with Crippen LogP contribution in [-0.4, -0.2) is 35.8 Å². The van der Waals surface area contributed by atoms with Gasteiger partial charge in [-0.1, -0.05) is 0 Å². The van der Waals surface area contributed by atoms with Crippen molar-refractivity contribution in [1.82, 2.24) is 4.98 Å². The number of nitrogens with zero attached hydrogens (tertiary/aromatic N) is 1. The van der Waals surface area contributed by atoms with Crippen molar-refractivity contribution >= 4 is 22.6 Å². The molecule has 8 nitrogen and oxygen atoms in total. The number of benzene rings is 2. The van der Waals surface area contributed by atoms with Gasteiger partial charge in [0.15, 0.2) is 11.5 Å². The molecule has 0 fully saturated rings. The van der Waals surface area contributed by atoms with E-state index in [4.69, 9.17) is 30.8 Å². The molecule has 8 heteroatoms. The molecule has 0 amide bonds. The van der Waals surface area contributed by atoms with E-state index in [1.54, 1.807) is 48.7 Å². The Morgan fingerprint density at radius 1 is 1.14 bits per heavy atom. The molecule has 1 heterocycles. The molecule has 1 aromatic heterocycles. The van der Waals surface area contributed by atoms with E-state index in [0.29, 0.717) is 34.2 Å². The Kier molecular flexibility index (Phi) is 5.81. The maximum absolute atomic E-state index is 10.8. The number of carboxylic acids is 1. The molecule has 0 radical (unpaired) electrons. The number of anilines is 1. The molecule has 0 bridgehead atoms. The highest BCUT2D eigenvalue weighted by Crippen LogP contribution is 2.37. The van der Waals surface area contributed by atoms with Crippen LogP contribution in [0.3, 0.4) is 0 Å². The fourth-order valence-corrected chi connectivity index (χ4v) is 2.57. The van der Waals surface area contributed by atoms with Gasteiger partial charge in [0.25, 0.3) is 0 Å². The zero-order valence-corrected chi connectivity index (χ0v) is 15.3.